The average molecular weight is 928 g/mol. The quantitative estimate of drug-likeness (QED) is 0.0635. The molecule has 1 aromatic heterocycles. The number of hydrogen-bond donors (Lipinski definition) is 7. The second kappa shape index (κ2) is 24.4. The van der Waals surface area contributed by atoms with Crippen molar-refractivity contribution in [1.29, 1.82) is 0 Å². The topological polar surface area (TPSA) is 239 Å². The summed E-state index contributed by atoms with van der Waals surface area (Å²) in [4.78, 5) is 86.0. The SMILES string of the molecule is CC(C)C[C@H](NC(=O)[C@H](Cc1ccccc1)NC(=O)C[C@H](O)[C@H](Cc1ccccc1)NC(=O)OC(C)(C)C)C(=O)N[C@@H](Cc1ccccc1)C(=O)Nc1ccn(C2CSC(CO)O2)c(=O)n1. The minimum Gasteiger partial charge on any atom is -0.444 e. The van der Waals surface area contributed by atoms with Gasteiger partial charge in [0, 0.05) is 24.8 Å². The first-order valence-electron chi connectivity index (χ1n) is 21.9. The number of thioether (sulfide) groups is 1. The number of rotatable bonds is 21. The van der Waals surface area contributed by atoms with Gasteiger partial charge in [-0.25, -0.2) is 9.59 Å². The van der Waals surface area contributed by atoms with Crippen molar-refractivity contribution in [1.82, 2.24) is 30.8 Å². The Morgan fingerprint density at radius 1 is 0.773 bits per heavy atom. The van der Waals surface area contributed by atoms with E-state index in [0.717, 1.165) is 11.1 Å². The highest BCUT2D eigenvalue weighted by Crippen LogP contribution is 2.30. The van der Waals surface area contributed by atoms with Crippen LogP contribution in [-0.4, -0.2) is 103 Å². The standard InChI is InChI=1S/C48H61N7O10S/c1-30(2)23-35(43(59)51-37(26-33-19-13-8-14-20-33)45(61)53-39-21-22-55(46(62)54-39)41-29-66-42(28-56)64-41)50-44(60)36(25-32-17-11-7-12-18-32)49-40(58)27-38(57)34(24-31-15-9-6-10-16-31)52-47(63)65-48(3,4)5/h6-22,30,34-38,41-42,56-57H,23-29H2,1-5H3,(H,49,58)(H,50,60)(H,51,59)(H,52,63)(H,53,54,61,62)/t34-,35-,36-,37-,38-,41?,42?/m0/s1. The van der Waals surface area contributed by atoms with Gasteiger partial charge < -0.3 is 46.3 Å². The van der Waals surface area contributed by atoms with Gasteiger partial charge in [0.05, 0.1) is 25.2 Å². The van der Waals surface area contributed by atoms with E-state index < -0.39 is 89.4 Å². The molecule has 4 aromatic rings. The van der Waals surface area contributed by atoms with Gasteiger partial charge in [-0.3, -0.25) is 23.7 Å². The van der Waals surface area contributed by atoms with Crippen LogP contribution in [0.1, 0.15) is 70.4 Å². The minimum atomic E-state index is -1.39. The summed E-state index contributed by atoms with van der Waals surface area (Å²) in [6.07, 6.45) is -1.42. The molecule has 0 aliphatic carbocycles. The molecule has 3 aromatic carbocycles. The normalized spacial score (nSPS) is 17.1. The number of carbonyl (C=O) groups is 5. The van der Waals surface area contributed by atoms with Gasteiger partial charge in [-0.15, -0.1) is 11.8 Å². The highest BCUT2D eigenvalue weighted by Gasteiger charge is 2.33. The molecular formula is C48H61N7O10S. The lowest BCUT2D eigenvalue weighted by atomic mass is 9.98. The van der Waals surface area contributed by atoms with Gasteiger partial charge in [0.2, 0.25) is 23.6 Å². The summed E-state index contributed by atoms with van der Waals surface area (Å²) >= 11 is 1.36. The van der Waals surface area contributed by atoms with E-state index in [1.807, 2.05) is 56.3 Å². The smallest absolute Gasteiger partial charge is 0.407 e. The predicted molar refractivity (Wildman–Crippen MR) is 250 cm³/mol. The van der Waals surface area contributed by atoms with E-state index in [1.54, 1.807) is 69.3 Å². The molecule has 0 radical (unpaired) electrons. The van der Waals surface area contributed by atoms with Crippen LogP contribution in [0, 0.1) is 5.92 Å². The molecular weight excluding hydrogens is 867 g/mol. The van der Waals surface area contributed by atoms with Gasteiger partial charge in [-0.1, -0.05) is 105 Å². The van der Waals surface area contributed by atoms with E-state index >= 15 is 0 Å². The van der Waals surface area contributed by atoms with Crippen molar-refractivity contribution in [3.63, 3.8) is 0 Å². The fourth-order valence-corrected chi connectivity index (χ4v) is 8.09. The lowest BCUT2D eigenvalue weighted by Crippen LogP contribution is -2.57. The molecule has 17 nitrogen and oxygen atoms in total. The number of aromatic nitrogens is 2. The number of carbonyl (C=O) groups excluding carboxylic acids is 5. The zero-order valence-corrected chi connectivity index (χ0v) is 38.7. The Bertz CT molecular complexity index is 2280. The molecule has 0 bridgehead atoms. The van der Waals surface area contributed by atoms with Crippen molar-refractivity contribution in [2.24, 2.45) is 5.92 Å². The van der Waals surface area contributed by atoms with E-state index in [4.69, 9.17) is 9.47 Å². The monoisotopic (exact) mass is 927 g/mol. The molecule has 1 aliphatic rings. The molecule has 66 heavy (non-hydrogen) atoms. The summed E-state index contributed by atoms with van der Waals surface area (Å²) < 4.78 is 12.4. The third kappa shape index (κ3) is 16.4. The van der Waals surface area contributed by atoms with Crippen LogP contribution in [0.25, 0.3) is 0 Å². The number of nitrogens with zero attached hydrogens (tertiary/aromatic N) is 2. The number of aliphatic hydroxyl groups excluding tert-OH is 2. The van der Waals surface area contributed by atoms with Crippen molar-refractivity contribution >= 4 is 47.3 Å². The van der Waals surface area contributed by atoms with Gasteiger partial charge in [0.1, 0.15) is 41.2 Å². The van der Waals surface area contributed by atoms with E-state index in [2.05, 4.69) is 31.6 Å². The van der Waals surface area contributed by atoms with E-state index in [0.29, 0.717) is 11.3 Å². The maximum atomic E-state index is 14.3. The number of nitrogens with one attached hydrogen (secondary N) is 5. The van der Waals surface area contributed by atoms with E-state index in [-0.39, 0.29) is 44.0 Å². The van der Waals surface area contributed by atoms with Crippen molar-refractivity contribution in [2.45, 2.75) is 114 Å². The molecule has 1 aliphatic heterocycles. The third-order valence-corrected chi connectivity index (χ3v) is 11.4. The highest BCUT2D eigenvalue weighted by molar-refractivity contribution is 8.00. The van der Waals surface area contributed by atoms with E-state index in [9.17, 15) is 39.0 Å². The molecule has 0 spiro atoms. The van der Waals surface area contributed by atoms with Gasteiger partial charge in [-0.2, -0.15) is 4.98 Å². The maximum Gasteiger partial charge on any atom is 0.407 e. The second-order valence-electron chi connectivity index (χ2n) is 17.5. The second-order valence-corrected chi connectivity index (χ2v) is 18.7. The van der Waals surface area contributed by atoms with E-state index in [1.165, 1.54) is 28.6 Å². The Labute approximate surface area is 388 Å². The van der Waals surface area contributed by atoms with Gasteiger partial charge in [0.25, 0.3) is 0 Å². The molecule has 7 N–H and O–H groups in total. The molecule has 2 unspecified atom stereocenters. The highest BCUT2D eigenvalue weighted by atomic mass is 32.2. The third-order valence-electron chi connectivity index (χ3n) is 10.3. The fourth-order valence-electron chi connectivity index (χ4n) is 7.16. The molecule has 1 fully saturated rings. The van der Waals surface area contributed by atoms with Crippen molar-refractivity contribution in [3.05, 3.63) is 130 Å². The van der Waals surface area contributed by atoms with Gasteiger partial charge in [0.15, 0.2) is 0 Å². The van der Waals surface area contributed by atoms with Crippen molar-refractivity contribution < 1.29 is 43.7 Å². The molecule has 2 heterocycles. The van der Waals surface area contributed by atoms with Crippen molar-refractivity contribution in [3.8, 4) is 0 Å². The number of benzene rings is 3. The molecule has 18 heteroatoms. The molecule has 7 atom stereocenters. The number of alkyl carbamates (subject to hydrolysis) is 1. The molecule has 1 saturated heterocycles. The Morgan fingerprint density at radius 3 is 1.82 bits per heavy atom. The predicted octanol–water partition coefficient (Wildman–Crippen LogP) is 3.64. The lowest BCUT2D eigenvalue weighted by molar-refractivity contribution is -0.133. The molecule has 354 valence electrons. The Morgan fingerprint density at radius 2 is 1.30 bits per heavy atom. The first-order chi connectivity index (χ1) is 31.5. The zero-order valence-electron chi connectivity index (χ0n) is 37.8. The number of aliphatic hydroxyl groups is 2. The van der Waals surface area contributed by atoms with Crippen LogP contribution >= 0.6 is 11.8 Å². The van der Waals surface area contributed by atoms with Crippen molar-refractivity contribution in [2.75, 3.05) is 17.7 Å². The summed E-state index contributed by atoms with van der Waals surface area (Å²) in [6.45, 7) is 8.66. The van der Waals surface area contributed by atoms with Gasteiger partial charge in [-0.05, 0) is 62.3 Å². The zero-order chi connectivity index (χ0) is 47.8. The molecule has 0 saturated carbocycles. The Kier molecular flexibility index (Phi) is 18.9. The maximum absolute atomic E-state index is 14.3. The lowest BCUT2D eigenvalue weighted by Gasteiger charge is -2.28. The van der Waals surface area contributed by atoms with Crippen LogP contribution in [-0.2, 0) is 47.9 Å². The van der Waals surface area contributed by atoms with Crippen LogP contribution in [0.5, 0.6) is 0 Å². The largest absolute Gasteiger partial charge is 0.444 e. The Balaban J connectivity index is 1.32. The summed E-state index contributed by atoms with van der Waals surface area (Å²) in [7, 11) is 0. The molecule has 5 rings (SSSR count). The number of ether oxygens (including phenoxy) is 2. The average Bonchev–Trinajstić information content (AvgIpc) is 3.75. The number of amides is 5. The first kappa shape index (κ1) is 50.9. The summed E-state index contributed by atoms with van der Waals surface area (Å²) in [5.74, 6) is -2.44. The fraction of sp³-hybridized carbons (Fsp3) is 0.438. The number of hydrogen-bond acceptors (Lipinski definition) is 12. The van der Waals surface area contributed by atoms with Gasteiger partial charge >= 0.3 is 11.8 Å². The summed E-state index contributed by atoms with van der Waals surface area (Å²) in [5, 5.41) is 34.6. The number of anilines is 1. The van der Waals surface area contributed by atoms with Crippen LogP contribution < -0.4 is 32.3 Å². The van der Waals surface area contributed by atoms with Crippen LogP contribution in [0.15, 0.2) is 108 Å². The molecule has 5 amide bonds. The first-order valence-corrected chi connectivity index (χ1v) is 23.0. The van der Waals surface area contributed by atoms with Crippen LogP contribution in [0.4, 0.5) is 10.6 Å². The van der Waals surface area contributed by atoms with Crippen LogP contribution in [0.3, 0.4) is 0 Å². The van der Waals surface area contributed by atoms with Crippen LogP contribution in [0.2, 0.25) is 0 Å². The summed E-state index contributed by atoms with van der Waals surface area (Å²) in [5.41, 5.74) is 0.259. The minimum absolute atomic E-state index is 0.0344. The summed E-state index contributed by atoms with van der Waals surface area (Å²) in [6, 6.07) is 24.0. The Hall–Kier alpha value is -6.08.